The van der Waals surface area contributed by atoms with Gasteiger partial charge in [-0.15, -0.1) is 0 Å². The number of aromatic nitrogens is 1. The Labute approximate surface area is 152 Å². The molecule has 0 aliphatic carbocycles. The Morgan fingerprint density at radius 3 is 2.50 bits per heavy atom. The van der Waals surface area contributed by atoms with Crippen LogP contribution >= 0.6 is 27.5 Å². The van der Waals surface area contributed by atoms with Gasteiger partial charge in [0.25, 0.3) is 0 Å². The maximum absolute atomic E-state index is 12.4. The number of rotatable bonds is 3. The molecule has 0 saturated heterocycles. The van der Waals surface area contributed by atoms with Gasteiger partial charge in [-0.1, -0.05) is 23.7 Å². The lowest BCUT2D eigenvalue weighted by molar-refractivity contribution is -0.657. The molecule has 0 bridgehead atoms. The van der Waals surface area contributed by atoms with E-state index in [1.807, 2.05) is 41.1 Å². The van der Waals surface area contributed by atoms with Gasteiger partial charge in [0.2, 0.25) is 17.8 Å². The van der Waals surface area contributed by atoms with E-state index in [9.17, 15) is 4.79 Å². The highest BCUT2D eigenvalue weighted by Gasteiger charge is 2.16. The molecule has 3 rings (SSSR count). The third-order valence-corrected chi connectivity index (χ3v) is 3.98. The highest BCUT2D eigenvalue weighted by atomic mass is 79.9. The molecule has 5 heteroatoms. The van der Waals surface area contributed by atoms with Crippen LogP contribution in [0.5, 0.6) is 0 Å². The van der Waals surface area contributed by atoms with E-state index in [-0.39, 0.29) is 22.8 Å². The molecule has 22 heavy (non-hydrogen) atoms. The van der Waals surface area contributed by atoms with Crippen LogP contribution in [0.4, 0.5) is 0 Å². The number of fused-ring (bicyclic) bond motifs is 1. The predicted molar refractivity (Wildman–Crippen MR) is 87.6 cm³/mol. The molecule has 0 N–H and O–H groups in total. The van der Waals surface area contributed by atoms with Crippen LogP contribution in [0.2, 0.25) is 5.02 Å². The number of hydrogen-bond acceptors (Lipinski definition) is 1. The van der Waals surface area contributed by atoms with Crippen molar-refractivity contribution in [1.82, 2.24) is 0 Å². The minimum atomic E-state index is 0. The second-order valence-corrected chi connectivity index (χ2v) is 6.13. The van der Waals surface area contributed by atoms with Gasteiger partial charge in [-0.05, 0) is 52.3 Å². The van der Waals surface area contributed by atoms with Crippen LogP contribution in [0.25, 0.3) is 10.9 Å². The molecule has 112 valence electrons. The Morgan fingerprint density at radius 1 is 1.09 bits per heavy atom. The molecule has 1 aromatic heterocycles. The molecule has 1 heterocycles. The van der Waals surface area contributed by atoms with Crippen LogP contribution in [-0.2, 0) is 6.54 Å². The summed E-state index contributed by atoms with van der Waals surface area (Å²) in [4.78, 5) is 12.4. The first-order valence-corrected chi connectivity index (χ1v) is 7.67. The van der Waals surface area contributed by atoms with Crippen molar-refractivity contribution in [3.05, 3.63) is 75.9 Å². The summed E-state index contributed by atoms with van der Waals surface area (Å²) in [5.74, 6) is 0.0555. The predicted octanol–water partition coefficient (Wildman–Crippen LogP) is 1.43. The average molecular weight is 442 g/mol. The van der Waals surface area contributed by atoms with Crippen molar-refractivity contribution in [1.29, 1.82) is 0 Å². The van der Waals surface area contributed by atoms with Crippen molar-refractivity contribution in [3.63, 3.8) is 0 Å². The van der Waals surface area contributed by atoms with Crippen molar-refractivity contribution < 1.29 is 26.3 Å². The summed E-state index contributed by atoms with van der Waals surface area (Å²) in [6.45, 7) is 0.293. The fraction of sp³-hybridized carbons (Fsp3) is 0.0588. The molecule has 0 spiro atoms. The monoisotopic (exact) mass is 439 g/mol. The second-order valence-electron chi connectivity index (χ2n) is 4.78. The zero-order valence-electron chi connectivity index (χ0n) is 11.5. The second kappa shape index (κ2) is 7.36. The number of hydrogen-bond donors (Lipinski definition) is 0. The number of nitrogens with zero attached hydrogens (tertiary/aromatic N) is 1. The lowest BCUT2D eigenvalue weighted by Crippen LogP contribution is -3.00. The van der Waals surface area contributed by atoms with E-state index in [1.165, 1.54) is 0 Å². The molecular formula is C17H12Br2ClNO. The molecule has 0 unspecified atom stereocenters. The van der Waals surface area contributed by atoms with Crippen molar-refractivity contribution >= 4 is 44.2 Å². The number of ketones is 1. The van der Waals surface area contributed by atoms with Crippen LogP contribution in [0.3, 0.4) is 0 Å². The molecule has 0 radical (unpaired) electrons. The molecule has 0 saturated carbocycles. The average Bonchev–Trinajstić information content (AvgIpc) is 2.47. The summed E-state index contributed by atoms with van der Waals surface area (Å²) >= 11 is 9.34. The summed E-state index contributed by atoms with van der Waals surface area (Å²) in [5, 5.41) is 1.72. The lowest BCUT2D eigenvalue weighted by Gasteiger charge is -2.03. The van der Waals surface area contributed by atoms with Gasteiger partial charge < -0.3 is 17.0 Å². The van der Waals surface area contributed by atoms with E-state index >= 15 is 0 Å². The highest BCUT2D eigenvalue weighted by Crippen LogP contribution is 2.16. The van der Waals surface area contributed by atoms with Crippen LogP contribution in [0.15, 0.2) is 65.3 Å². The first-order chi connectivity index (χ1) is 10.1. The minimum Gasteiger partial charge on any atom is -1.00 e. The van der Waals surface area contributed by atoms with E-state index in [0.29, 0.717) is 17.1 Å². The van der Waals surface area contributed by atoms with Gasteiger partial charge in [0.05, 0.1) is 4.47 Å². The third kappa shape index (κ3) is 3.75. The van der Waals surface area contributed by atoms with Gasteiger partial charge >= 0.3 is 0 Å². The maximum Gasteiger partial charge on any atom is 0.227 e. The van der Waals surface area contributed by atoms with E-state index in [4.69, 9.17) is 11.6 Å². The van der Waals surface area contributed by atoms with Gasteiger partial charge in [0.15, 0.2) is 6.20 Å². The Morgan fingerprint density at radius 2 is 1.77 bits per heavy atom. The maximum atomic E-state index is 12.4. The number of para-hydroxylation sites is 1. The van der Waals surface area contributed by atoms with E-state index in [1.54, 1.807) is 24.3 Å². The first kappa shape index (κ1) is 17.1. The van der Waals surface area contributed by atoms with Gasteiger partial charge in [0.1, 0.15) is 0 Å². The smallest absolute Gasteiger partial charge is 0.227 e. The van der Waals surface area contributed by atoms with Crippen LogP contribution in [0, 0.1) is 0 Å². The highest BCUT2D eigenvalue weighted by molar-refractivity contribution is 9.10. The molecule has 2 aromatic carbocycles. The normalized spacial score (nSPS) is 10.3. The van der Waals surface area contributed by atoms with E-state index < -0.39 is 0 Å². The molecule has 0 atom stereocenters. The van der Waals surface area contributed by atoms with Crippen LogP contribution in [-0.4, -0.2) is 5.78 Å². The molecule has 0 aliphatic heterocycles. The van der Waals surface area contributed by atoms with Crippen LogP contribution in [0.1, 0.15) is 10.4 Å². The summed E-state index contributed by atoms with van der Waals surface area (Å²) in [7, 11) is 0. The molecule has 0 amide bonds. The number of Topliss-reactive ketones (excluding diaryl/α,β-unsaturated/α-hetero) is 1. The zero-order chi connectivity index (χ0) is 14.8. The van der Waals surface area contributed by atoms with Crippen molar-refractivity contribution in [2.75, 3.05) is 0 Å². The van der Waals surface area contributed by atoms with Gasteiger partial charge in [-0.2, -0.15) is 4.57 Å². The van der Waals surface area contributed by atoms with Gasteiger partial charge in [-0.25, -0.2) is 0 Å². The van der Waals surface area contributed by atoms with Crippen LogP contribution < -0.4 is 21.5 Å². The molecular weight excluding hydrogens is 429 g/mol. The molecule has 0 fully saturated rings. The number of carbonyl (C=O) groups is 1. The largest absolute Gasteiger partial charge is 1.00 e. The third-order valence-electron chi connectivity index (χ3n) is 3.30. The summed E-state index contributed by atoms with van der Waals surface area (Å²) in [6, 6.07) is 17.0. The Balaban J connectivity index is 0.00000176. The zero-order valence-corrected chi connectivity index (χ0v) is 15.4. The number of carbonyl (C=O) groups excluding carboxylic acids is 1. The quantitative estimate of drug-likeness (QED) is 0.445. The Kier molecular flexibility index (Phi) is 5.73. The molecule has 0 aliphatic rings. The number of halogens is 3. The number of benzene rings is 2. The van der Waals surface area contributed by atoms with E-state index in [2.05, 4.69) is 15.9 Å². The fourth-order valence-corrected chi connectivity index (χ4v) is 2.91. The molecule has 3 aromatic rings. The first-order valence-electron chi connectivity index (χ1n) is 6.50. The summed E-state index contributed by atoms with van der Waals surface area (Å²) in [6.07, 6.45) is 1.93. The fourth-order valence-electron chi connectivity index (χ4n) is 2.29. The van der Waals surface area contributed by atoms with Crippen molar-refractivity contribution in [2.24, 2.45) is 0 Å². The standard InChI is InChI=1S/C17H12BrClNO.BrH/c18-14-9-13-3-1-2-4-16(13)20(10-14)11-17(21)12-5-7-15(19)8-6-12;/h1-10H,11H2;1H/q+1;/p-1. The van der Waals surface area contributed by atoms with Crippen molar-refractivity contribution in [2.45, 2.75) is 6.54 Å². The molecule has 2 nitrogen and oxygen atoms in total. The summed E-state index contributed by atoms with van der Waals surface area (Å²) < 4.78 is 2.90. The van der Waals surface area contributed by atoms with Crippen molar-refractivity contribution in [3.8, 4) is 0 Å². The summed E-state index contributed by atoms with van der Waals surface area (Å²) in [5.41, 5.74) is 1.69. The lowest BCUT2D eigenvalue weighted by atomic mass is 10.1. The number of pyridine rings is 1. The Bertz CT molecular complexity index is 819. The SMILES string of the molecule is O=C(C[n+]1cc(Br)cc2ccccc21)c1ccc(Cl)cc1.[Br-]. The van der Waals surface area contributed by atoms with E-state index in [0.717, 1.165) is 15.4 Å². The topological polar surface area (TPSA) is 20.9 Å². The van der Waals surface area contributed by atoms with Gasteiger partial charge in [0, 0.05) is 22.0 Å². The van der Waals surface area contributed by atoms with Gasteiger partial charge in [-0.3, -0.25) is 4.79 Å². The Hall–Kier alpha value is -1.23. The minimum absolute atomic E-state index is 0.